The zero-order valence-corrected chi connectivity index (χ0v) is 14.0. The second-order valence-electron chi connectivity index (χ2n) is 6.01. The normalized spacial score (nSPS) is 10.8. The summed E-state index contributed by atoms with van der Waals surface area (Å²) in [4.78, 5) is 8.81. The summed E-state index contributed by atoms with van der Waals surface area (Å²) in [5.74, 6) is 1.01. The smallest absolute Gasteiger partial charge is 0.195 e. The van der Waals surface area contributed by atoms with Crippen LogP contribution in [-0.4, -0.2) is 55.1 Å². The van der Waals surface area contributed by atoms with Crippen LogP contribution in [-0.2, 0) is 13.5 Å². The van der Waals surface area contributed by atoms with E-state index >= 15 is 0 Å². The van der Waals surface area contributed by atoms with Crippen LogP contribution in [0, 0.1) is 6.92 Å². The Hall–Kier alpha value is -1.97. The minimum absolute atomic E-state index is 0.804. The van der Waals surface area contributed by atoms with Crippen LogP contribution in [0.1, 0.15) is 11.1 Å². The van der Waals surface area contributed by atoms with Gasteiger partial charge in [0, 0.05) is 58.9 Å². The number of aromatic nitrogens is 1. The van der Waals surface area contributed by atoms with Crippen LogP contribution in [0.2, 0.25) is 0 Å². The summed E-state index contributed by atoms with van der Waals surface area (Å²) in [7, 11) is 10.2. The molecule has 0 aliphatic heterocycles. The van der Waals surface area contributed by atoms with Crippen molar-refractivity contribution in [2.24, 2.45) is 12.0 Å². The molecule has 0 unspecified atom stereocenters. The predicted molar refractivity (Wildman–Crippen MR) is 91.0 cm³/mol. The van der Waals surface area contributed by atoms with Gasteiger partial charge in [0.2, 0.25) is 0 Å². The van der Waals surface area contributed by atoms with E-state index in [1.165, 1.54) is 22.0 Å². The van der Waals surface area contributed by atoms with Crippen LogP contribution >= 0.6 is 0 Å². The van der Waals surface area contributed by atoms with Gasteiger partial charge in [-0.15, -0.1) is 0 Å². The number of benzene rings is 1. The first-order valence-corrected chi connectivity index (χ1v) is 7.34. The lowest BCUT2D eigenvalue weighted by atomic mass is 10.1. The van der Waals surface area contributed by atoms with Gasteiger partial charge in [0.15, 0.2) is 5.96 Å². The summed E-state index contributed by atoms with van der Waals surface area (Å²) in [5, 5.41) is 1.34. The number of fused-ring (bicyclic) bond motifs is 1. The number of rotatable bonds is 3. The molecule has 114 valence electrons. The van der Waals surface area contributed by atoms with E-state index in [4.69, 9.17) is 4.99 Å². The largest absolute Gasteiger partial charge is 0.350 e. The van der Waals surface area contributed by atoms with Gasteiger partial charge in [-0.05, 0) is 30.5 Å². The van der Waals surface area contributed by atoms with Crippen molar-refractivity contribution in [2.75, 3.05) is 34.7 Å². The summed E-state index contributed by atoms with van der Waals surface area (Å²) in [6.45, 7) is 2.94. The molecule has 1 aromatic heterocycles. The highest BCUT2D eigenvalue weighted by molar-refractivity contribution is 5.84. The van der Waals surface area contributed by atoms with Crippen LogP contribution in [0.25, 0.3) is 10.9 Å². The quantitative estimate of drug-likeness (QED) is 0.639. The minimum atomic E-state index is 0.804. The first-order chi connectivity index (χ1) is 9.90. The fourth-order valence-electron chi connectivity index (χ4n) is 2.74. The van der Waals surface area contributed by atoms with Gasteiger partial charge in [0.1, 0.15) is 0 Å². The molecule has 0 saturated carbocycles. The summed E-state index contributed by atoms with van der Waals surface area (Å²) in [5.41, 5.74) is 3.97. The first kappa shape index (κ1) is 15.4. The summed E-state index contributed by atoms with van der Waals surface area (Å²) >= 11 is 0. The third kappa shape index (κ3) is 3.38. The van der Waals surface area contributed by atoms with E-state index in [0.717, 1.165) is 18.9 Å². The van der Waals surface area contributed by atoms with Crippen molar-refractivity contribution >= 4 is 16.9 Å². The van der Waals surface area contributed by atoms with Crippen molar-refractivity contribution in [3.05, 3.63) is 35.5 Å². The Morgan fingerprint density at radius 1 is 1.14 bits per heavy atom. The average molecular weight is 286 g/mol. The molecule has 0 fully saturated rings. The standard InChI is InChI=1S/C17H26N4/c1-13-7-8-15-14(12-21(6)16(15)11-13)9-10-18-17(19(2)3)20(4)5/h7-8,11-12H,9-10H2,1-6H3. The highest BCUT2D eigenvalue weighted by Crippen LogP contribution is 2.22. The predicted octanol–water partition coefficient (Wildman–Crippen LogP) is 2.51. The number of guanidine groups is 1. The highest BCUT2D eigenvalue weighted by atomic mass is 15.3. The molecule has 2 aromatic rings. The molecule has 1 aromatic carbocycles. The second kappa shape index (κ2) is 6.20. The molecule has 0 aliphatic carbocycles. The zero-order valence-electron chi connectivity index (χ0n) is 14.0. The Kier molecular flexibility index (Phi) is 4.56. The van der Waals surface area contributed by atoms with E-state index in [-0.39, 0.29) is 0 Å². The average Bonchev–Trinajstić information content (AvgIpc) is 2.70. The number of hydrogen-bond acceptors (Lipinski definition) is 1. The lowest BCUT2D eigenvalue weighted by molar-refractivity contribution is 0.479. The Labute approximate surface area is 127 Å². The maximum Gasteiger partial charge on any atom is 0.195 e. The molecule has 0 amide bonds. The van der Waals surface area contributed by atoms with Crippen LogP contribution in [0.5, 0.6) is 0 Å². The van der Waals surface area contributed by atoms with Gasteiger partial charge in [-0.25, -0.2) is 0 Å². The molecule has 0 atom stereocenters. The number of nitrogens with zero attached hydrogens (tertiary/aromatic N) is 4. The fraction of sp³-hybridized carbons (Fsp3) is 0.471. The van der Waals surface area contributed by atoms with Crippen molar-refractivity contribution in [3.8, 4) is 0 Å². The summed E-state index contributed by atoms with van der Waals surface area (Å²) < 4.78 is 2.21. The Bertz CT molecular complexity index is 640. The Morgan fingerprint density at radius 3 is 2.43 bits per heavy atom. The topological polar surface area (TPSA) is 23.8 Å². The van der Waals surface area contributed by atoms with Crippen LogP contribution < -0.4 is 0 Å². The van der Waals surface area contributed by atoms with Crippen molar-refractivity contribution in [1.82, 2.24) is 14.4 Å². The van der Waals surface area contributed by atoms with E-state index < -0.39 is 0 Å². The van der Waals surface area contributed by atoms with Gasteiger partial charge in [0.05, 0.1) is 0 Å². The molecule has 0 saturated heterocycles. The molecule has 1 heterocycles. The van der Waals surface area contributed by atoms with Crippen LogP contribution in [0.15, 0.2) is 29.4 Å². The molecule has 0 N–H and O–H groups in total. The van der Waals surface area contributed by atoms with Crippen molar-refractivity contribution < 1.29 is 0 Å². The van der Waals surface area contributed by atoms with E-state index in [9.17, 15) is 0 Å². The third-order valence-corrected chi connectivity index (χ3v) is 3.66. The van der Waals surface area contributed by atoms with Gasteiger partial charge in [-0.2, -0.15) is 0 Å². The molecule has 0 bridgehead atoms. The molecule has 4 nitrogen and oxygen atoms in total. The Balaban J connectivity index is 2.19. The minimum Gasteiger partial charge on any atom is -0.350 e. The molecule has 0 aliphatic rings. The number of aliphatic imine (C=N–C) groups is 1. The van der Waals surface area contributed by atoms with Crippen molar-refractivity contribution in [3.63, 3.8) is 0 Å². The molecule has 4 heteroatoms. The van der Waals surface area contributed by atoms with Crippen LogP contribution in [0.4, 0.5) is 0 Å². The van der Waals surface area contributed by atoms with Gasteiger partial charge < -0.3 is 14.4 Å². The SMILES string of the molecule is Cc1ccc2c(CCN=C(N(C)C)N(C)C)cn(C)c2c1. The van der Waals surface area contributed by atoms with Gasteiger partial charge >= 0.3 is 0 Å². The first-order valence-electron chi connectivity index (χ1n) is 7.34. The van der Waals surface area contributed by atoms with E-state index in [1.807, 2.05) is 38.0 Å². The molecule has 2 rings (SSSR count). The second-order valence-corrected chi connectivity index (χ2v) is 6.01. The van der Waals surface area contributed by atoms with Crippen LogP contribution in [0.3, 0.4) is 0 Å². The molecular formula is C17H26N4. The highest BCUT2D eigenvalue weighted by Gasteiger charge is 2.07. The molecule has 0 spiro atoms. The monoisotopic (exact) mass is 286 g/mol. The lowest BCUT2D eigenvalue weighted by Gasteiger charge is -2.22. The summed E-state index contributed by atoms with van der Waals surface area (Å²) in [6.07, 6.45) is 3.19. The maximum atomic E-state index is 4.71. The Morgan fingerprint density at radius 2 is 1.81 bits per heavy atom. The number of hydrogen-bond donors (Lipinski definition) is 0. The third-order valence-electron chi connectivity index (χ3n) is 3.66. The van der Waals surface area contributed by atoms with Crippen molar-refractivity contribution in [2.45, 2.75) is 13.3 Å². The lowest BCUT2D eigenvalue weighted by Crippen LogP contribution is -2.35. The fourth-order valence-corrected chi connectivity index (χ4v) is 2.74. The van der Waals surface area contributed by atoms with E-state index in [0.29, 0.717) is 0 Å². The number of aryl methyl sites for hydroxylation is 2. The van der Waals surface area contributed by atoms with E-state index in [1.54, 1.807) is 0 Å². The summed E-state index contributed by atoms with van der Waals surface area (Å²) in [6, 6.07) is 6.65. The van der Waals surface area contributed by atoms with Gasteiger partial charge in [-0.3, -0.25) is 4.99 Å². The van der Waals surface area contributed by atoms with Gasteiger partial charge in [-0.1, -0.05) is 12.1 Å². The van der Waals surface area contributed by atoms with E-state index in [2.05, 4.69) is 42.9 Å². The van der Waals surface area contributed by atoms with Crippen molar-refractivity contribution in [1.29, 1.82) is 0 Å². The van der Waals surface area contributed by atoms with Gasteiger partial charge in [0.25, 0.3) is 0 Å². The molecule has 21 heavy (non-hydrogen) atoms. The molecule has 0 radical (unpaired) electrons. The maximum absolute atomic E-state index is 4.71. The molecular weight excluding hydrogens is 260 g/mol. The zero-order chi connectivity index (χ0) is 15.6.